The van der Waals surface area contributed by atoms with E-state index in [4.69, 9.17) is 0 Å². The van der Waals surface area contributed by atoms with Gasteiger partial charge in [-0.05, 0) is 205 Å². The van der Waals surface area contributed by atoms with Crippen LogP contribution in [-0.4, -0.2) is 25.0 Å². The summed E-state index contributed by atoms with van der Waals surface area (Å²) in [5.74, 6) is 0. The number of hydrogen-bond donors (Lipinski definition) is 0. The molecule has 17 aromatic rings. The minimum absolute atomic E-state index is 0.0587. The fourth-order valence-electron chi connectivity index (χ4n) is 17.7. The molecule has 13 aromatic carbocycles. The molecule has 0 saturated carbocycles. The van der Waals surface area contributed by atoms with E-state index in [9.17, 15) is 0 Å². The van der Waals surface area contributed by atoms with Crippen LogP contribution in [0.5, 0.6) is 0 Å². The number of rotatable bonds is 6. The van der Waals surface area contributed by atoms with Gasteiger partial charge in [0.25, 0.3) is 6.71 Å². The van der Waals surface area contributed by atoms with Crippen LogP contribution >= 0.6 is 0 Å². The Kier molecular flexibility index (Phi) is 13.9. The highest BCUT2D eigenvalue weighted by molar-refractivity contribution is 7.00. The van der Waals surface area contributed by atoms with Gasteiger partial charge in [0.1, 0.15) is 0 Å². The van der Waals surface area contributed by atoms with Crippen molar-refractivity contribution in [2.75, 3.05) is 9.80 Å². The summed E-state index contributed by atoms with van der Waals surface area (Å²) in [4.78, 5) is 5.37. The summed E-state index contributed by atoms with van der Waals surface area (Å²) in [5, 5.41) is 9.99. The molecule has 0 amide bonds. The largest absolute Gasteiger partial charge is 0.309 e. The van der Waals surface area contributed by atoms with Crippen LogP contribution < -0.4 is 26.2 Å². The second-order valence-electron chi connectivity index (χ2n) is 35.1. The smallest absolute Gasteiger partial charge is 0.252 e. The monoisotopic (exact) mass is 1360 g/mol. The Morgan fingerprint density at radius 1 is 0.200 bits per heavy atom. The fraction of sp³-hybridized carbons (Fsp3) is 0.204. The van der Waals surface area contributed by atoms with Gasteiger partial charge in [-0.1, -0.05) is 237 Å². The van der Waals surface area contributed by atoms with E-state index in [0.29, 0.717) is 0 Å². The molecule has 0 atom stereocenters. The van der Waals surface area contributed by atoms with Gasteiger partial charge in [-0.3, -0.25) is 0 Å². The van der Waals surface area contributed by atoms with E-state index < -0.39 is 0 Å². The lowest BCUT2D eigenvalue weighted by molar-refractivity contribution is 0.590. The van der Waals surface area contributed by atoms with E-state index in [2.05, 4.69) is 399 Å². The van der Waals surface area contributed by atoms with Crippen molar-refractivity contribution in [1.29, 1.82) is 0 Å². The van der Waals surface area contributed by atoms with Gasteiger partial charge >= 0.3 is 0 Å². The predicted molar refractivity (Wildman–Crippen MR) is 451 cm³/mol. The Bertz CT molecular complexity index is 5890. The quantitative estimate of drug-likeness (QED) is 0.155. The third-order valence-corrected chi connectivity index (χ3v) is 23.3. The molecule has 0 saturated heterocycles. The molecule has 0 aliphatic carbocycles. The average Bonchev–Trinajstić information content (AvgIpc) is 0.988. The Balaban J connectivity index is 0.948. The highest BCUT2D eigenvalue weighted by Crippen LogP contribution is 2.52. The van der Waals surface area contributed by atoms with Gasteiger partial charge in [0.15, 0.2) is 0 Å². The van der Waals surface area contributed by atoms with Gasteiger partial charge in [0.05, 0.1) is 66.9 Å². The van der Waals surface area contributed by atoms with Crippen molar-refractivity contribution in [3.05, 3.63) is 295 Å². The lowest BCUT2D eigenvalue weighted by atomic mass is 9.33. The maximum Gasteiger partial charge on any atom is 0.252 e. The summed E-state index contributed by atoms with van der Waals surface area (Å²) in [7, 11) is 0. The van der Waals surface area contributed by atoms with Crippen LogP contribution in [0, 0.1) is 0 Å². The number of hydrogen-bond acceptors (Lipinski definition) is 2. The van der Waals surface area contributed by atoms with Crippen LogP contribution in [0.4, 0.5) is 34.1 Å². The summed E-state index contributed by atoms with van der Waals surface area (Å²) in [6, 6.07) is 103. The zero-order valence-electron chi connectivity index (χ0n) is 63.2. The number of aromatic nitrogens is 4. The molecule has 2 aliphatic heterocycles. The van der Waals surface area contributed by atoms with Crippen LogP contribution in [0.2, 0.25) is 0 Å². The molecule has 2 aliphatic rings. The highest BCUT2D eigenvalue weighted by atomic mass is 15.2. The van der Waals surface area contributed by atoms with Crippen LogP contribution in [-0.2, 0) is 27.1 Å². The highest BCUT2D eigenvalue weighted by Gasteiger charge is 2.46. The molecule has 105 heavy (non-hydrogen) atoms. The van der Waals surface area contributed by atoms with Crippen molar-refractivity contribution < 1.29 is 0 Å². The van der Waals surface area contributed by atoms with Crippen molar-refractivity contribution in [2.45, 2.75) is 131 Å². The molecule has 19 rings (SSSR count). The number of fused-ring (bicyclic) bond motifs is 16. The molecule has 6 heterocycles. The molecule has 0 unspecified atom stereocenters. The van der Waals surface area contributed by atoms with Gasteiger partial charge in [-0.25, -0.2) is 0 Å². The molecule has 514 valence electrons. The maximum atomic E-state index is 2.69. The van der Waals surface area contributed by atoms with E-state index >= 15 is 0 Å². The molecule has 0 radical (unpaired) electrons. The van der Waals surface area contributed by atoms with Crippen molar-refractivity contribution in [3.63, 3.8) is 0 Å². The third kappa shape index (κ3) is 9.82. The standard InChI is InChI=1S/C98H89BN6/c1-94(2,3)60-40-48-81-71(52-60)72-53-61(95(4,5)6)41-49-82(72)102(81)85-36-24-26-38-87(85)104-89-58-65(100-77-32-20-16-28-67(77)68-29-17-21-33-78(68)100)44-46-75(89)99-76-47-45-66(101-79-34-22-18-30-69(79)70-31-19-23-35-80(70)101)59-90(76)105(92-57-64(98(13,14)15)56-91(104)93(92)99)88-39-27-25-37-86(88)103-83-50-42-62(96(7,8)9)54-73(83)74-55-63(97(10,11)12)43-51-84(74)103/h16-59H,1-15H3. The summed E-state index contributed by atoms with van der Waals surface area (Å²) < 4.78 is 10.2. The fourth-order valence-corrected chi connectivity index (χ4v) is 17.7. The first-order valence-corrected chi connectivity index (χ1v) is 37.7. The van der Waals surface area contributed by atoms with Crippen LogP contribution in [0.15, 0.2) is 267 Å². The summed E-state index contributed by atoms with van der Waals surface area (Å²) in [6.45, 7) is 35.0. The summed E-state index contributed by atoms with van der Waals surface area (Å²) >= 11 is 0. The van der Waals surface area contributed by atoms with E-state index in [1.54, 1.807) is 0 Å². The van der Waals surface area contributed by atoms with Crippen LogP contribution in [0.1, 0.15) is 132 Å². The number of para-hydroxylation sites is 8. The Morgan fingerprint density at radius 3 is 0.762 bits per heavy atom. The SMILES string of the molecule is CC(C)(C)c1cc2c3c(c1)N(c1ccccc1-n1c4ccc(C(C)(C)C)cc4c4cc(C(C)(C)C)ccc41)c1cc(-n4c5ccccc5c5ccccc54)ccc1B3c1ccc(-n3c4ccccc4c4ccccc43)cc1N2c1ccccc1-n1c2ccc(C(C)(C)C)cc2c2cc(C(C)(C)C)ccc21. The lowest BCUT2D eigenvalue weighted by Gasteiger charge is -2.46. The first-order valence-electron chi connectivity index (χ1n) is 37.7. The van der Waals surface area contributed by atoms with Gasteiger partial charge in [0, 0.05) is 77.2 Å². The Morgan fingerprint density at radius 2 is 0.467 bits per heavy atom. The number of benzene rings is 13. The topological polar surface area (TPSA) is 26.2 Å². The molecule has 0 bridgehead atoms. The normalized spacial score (nSPS) is 13.6. The molecule has 0 N–H and O–H groups in total. The van der Waals surface area contributed by atoms with Gasteiger partial charge in [0.2, 0.25) is 0 Å². The van der Waals surface area contributed by atoms with Crippen molar-refractivity contribution in [1.82, 2.24) is 18.3 Å². The van der Waals surface area contributed by atoms with Crippen molar-refractivity contribution >= 4 is 144 Å². The second kappa shape index (κ2) is 22.6. The zero-order chi connectivity index (χ0) is 72.3. The molecule has 6 nitrogen and oxygen atoms in total. The Hall–Kier alpha value is -11.3. The Labute approximate surface area is 617 Å². The van der Waals surface area contributed by atoms with E-state index in [1.165, 1.54) is 131 Å². The van der Waals surface area contributed by atoms with Crippen molar-refractivity contribution in [2.24, 2.45) is 0 Å². The molecule has 0 fully saturated rings. The van der Waals surface area contributed by atoms with Crippen LogP contribution in [0.25, 0.3) is 110 Å². The first kappa shape index (κ1) is 64.6. The average molecular weight is 1360 g/mol. The van der Waals surface area contributed by atoms with Gasteiger partial charge in [-0.15, -0.1) is 0 Å². The molecule has 4 aromatic heterocycles. The van der Waals surface area contributed by atoms with E-state index in [0.717, 1.165) is 56.9 Å². The van der Waals surface area contributed by atoms with Gasteiger partial charge < -0.3 is 28.1 Å². The predicted octanol–water partition coefficient (Wildman–Crippen LogP) is 24.6. The minimum Gasteiger partial charge on any atom is -0.309 e. The van der Waals surface area contributed by atoms with E-state index in [1.807, 2.05) is 0 Å². The van der Waals surface area contributed by atoms with Crippen LogP contribution in [0.3, 0.4) is 0 Å². The van der Waals surface area contributed by atoms with Gasteiger partial charge in [-0.2, -0.15) is 0 Å². The second-order valence-corrected chi connectivity index (χ2v) is 35.1. The minimum atomic E-state index is -0.307. The summed E-state index contributed by atoms with van der Waals surface area (Å²) in [5.41, 5.74) is 30.4. The zero-order valence-corrected chi connectivity index (χ0v) is 63.2. The molecule has 7 heteroatoms. The van der Waals surface area contributed by atoms with Crippen molar-refractivity contribution in [3.8, 4) is 22.7 Å². The first-order chi connectivity index (χ1) is 50.3. The van der Waals surface area contributed by atoms with E-state index in [-0.39, 0.29) is 33.8 Å². The molecular formula is C98H89BN6. The lowest BCUT2D eigenvalue weighted by Crippen LogP contribution is -2.61. The molecular weight excluding hydrogens is 1270 g/mol. The molecule has 0 spiro atoms. The number of anilines is 6. The summed E-state index contributed by atoms with van der Waals surface area (Å²) in [6.07, 6.45) is 0. The third-order valence-electron chi connectivity index (χ3n) is 23.3. The number of nitrogens with zero attached hydrogens (tertiary/aromatic N) is 6. The maximum absolute atomic E-state index is 2.69.